The largest absolute Gasteiger partial charge is 0.483 e. The van der Waals surface area contributed by atoms with E-state index in [1.165, 1.54) is 12.4 Å². The molecule has 0 aliphatic carbocycles. The molecule has 162 valence electrons. The molecule has 9 nitrogen and oxygen atoms in total. The number of ether oxygens (including phenoxy) is 2. The molecule has 0 bridgehead atoms. The zero-order valence-electron chi connectivity index (χ0n) is 17.5. The van der Waals surface area contributed by atoms with Crippen molar-refractivity contribution in [1.29, 1.82) is 0 Å². The Morgan fingerprint density at radius 3 is 2.84 bits per heavy atom. The first-order valence-corrected chi connectivity index (χ1v) is 10.1. The lowest BCUT2D eigenvalue weighted by molar-refractivity contribution is 0.102. The van der Waals surface area contributed by atoms with Crippen LogP contribution < -0.4 is 20.1 Å². The van der Waals surface area contributed by atoms with Gasteiger partial charge in [-0.05, 0) is 25.1 Å². The number of nitrogens with one attached hydrogen (secondary N) is 2. The van der Waals surface area contributed by atoms with Crippen LogP contribution >= 0.6 is 11.6 Å². The van der Waals surface area contributed by atoms with Crippen LogP contribution in [0.5, 0.6) is 17.4 Å². The summed E-state index contributed by atoms with van der Waals surface area (Å²) in [4.78, 5) is 21.0. The molecule has 0 saturated carbocycles. The van der Waals surface area contributed by atoms with Crippen LogP contribution in [0.2, 0.25) is 5.02 Å². The molecule has 0 radical (unpaired) electrons. The fourth-order valence-electron chi connectivity index (χ4n) is 2.85. The van der Waals surface area contributed by atoms with Crippen molar-refractivity contribution in [3.8, 4) is 17.4 Å². The minimum Gasteiger partial charge on any atom is -0.483 e. The molecular formula is C21H22ClN5O4. The molecule has 1 atom stereocenters. The molecule has 10 heteroatoms. The second-order valence-electron chi connectivity index (χ2n) is 8.24. The van der Waals surface area contributed by atoms with Gasteiger partial charge in [-0.1, -0.05) is 37.5 Å². The number of amides is 1. The second-order valence-corrected chi connectivity index (χ2v) is 8.65. The van der Waals surface area contributed by atoms with Crippen LogP contribution in [-0.2, 0) is 5.41 Å². The lowest BCUT2D eigenvalue weighted by Crippen LogP contribution is -2.29. The number of hydrogen-bond acceptors (Lipinski definition) is 8. The summed E-state index contributed by atoms with van der Waals surface area (Å²) in [5, 5.41) is 10.1. The minimum absolute atomic E-state index is 0.112. The molecular weight excluding hydrogens is 422 g/mol. The van der Waals surface area contributed by atoms with Crippen LogP contribution in [0.25, 0.3) is 0 Å². The third-order valence-corrected chi connectivity index (χ3v) is 4.84. The van der Waals surface area contributed by atoms with Crippen LogP contribution in [-0.4, -0.2) is 33.7 Å². The highest BCUT2D eigenvalue weighted by Crippen LogP contribution is 2.39. The van der Waals surface area contributed by atoms with E-state index in [9.17, 15) is 4.79 Å². The normalized spacial score (nSPS) is 15.5. The average Bonchev–Trinajstić information content (AvgIpc) is 3.18. The molecule has 31 heavy (non-hydrogen) atoms. The van der Waals surface area contributed by atoms with Crippen molar-refractivity contribution < 1.29 is 18.8 Å². The molecule has 1 aromatic carbocycles. The Morgan fingerprint density at radius 1 is 1.29 bits per heavy atom. The van der Waals surface area contributed by atoms with Gasteiger partial charge in [-0.3, -0.25) is 4.79 Å². The van der Waals surface area contributed by atoms with E-state index in [0.717, 1.165) is 0 Å². The van der Waals surface area contributed by atoms with Gasteiger partial charge in [-0.15, -0.1) is 0 Å². The zero-order chi connectivity index (χ0) is 22.2. The van der Waals surface area contributed by atoms with Crippen molar-refractivity contribution in [3.63, 3.8) is 0 Å². The van der Waals surface area contributed by atoms with E-state index >= 15 is 0 Å². The Balaban J connectivity index is 1.55. The summed E-state index contributed by atoms with van der Waals surface area (Å²) < 4.78 is 16.9. The van der Waals surface area contributed by atoms with Crippen molar-refractivity contribution >= 4 is 29.1 Å². The molecule has 1 aliphatic rings. The maximum Gasteiger partial charge on any atom is 0.268 e. The van der Waals surface area contributed by atoms with Crippen molar-refractivity contribution in [3.05, 3.63) is 46.9 Å². The lowest BCUT2D eigenvalue weighted by atomic mass is 9.93. The van der Waals surface area contributed by atoms with Crippen LogP contribution in [0.1, 0.15) is 43.8 Å². The number of carbonyl (C=O) groups is 1. The first kappa shape index (κ1) is 20.9. The first-order chi connectivity index (χ1) is 14.7. The lowest BCUT2D eigenvalue weighted by Gasteiger charge is -2.24. The van der Waals surface area contributed by atoms with Crippen LogP contribution in [0, 0.1) is 0 Å². The van der Waals surface area contributed by atoms with Crippen molar-refractivity contribution in [1.82, 2.24) is 15.1 Å². The molecule has 0 saturated heterocycles. The van der Waals surface area contributed by atoms with E-state index < -0.39 is 0 Å². The fraction of sp³-hybridized carbons (Fsp3) is 0.333. The maximum absolute atomic E-state index is 12.7. The molecule has 4 rings (SSSR count). The number of anilines is 2. The molecule has 2 N–H and O–H groups in total. The van der Waals surface area contributed by atoms with E-state index in [1.807, 2.05) is 27.7 Å². The Kier molecular flexibility index (Phi) is 5.45. The number of carbonyl (C=O) groups excluding carboxylic acids is 1. The predicted molar refractivity (Wildman–Crippen MR) is 115 cm³/mol. The molecule has 3 aromatic rings. The summed E-state index contributed by atoms with van der Waals surface area (Å²) in [5.74, 6) is 2.00. The van der Waals surface area contributed by atoms with Crippen LogP contribution in [0.15, 0.2) is 35.1 Å². The van der Waals surface area contributed by atoms with Gasteiger partial charge in [-0.25, -0.2) is 4.98 Å². The fourth-order valence-corrected chi connectivity index (χ4v) is 3.01. The second kappa shape index (κ2) is 8.07. The van der Waals surface area contributed by atoms with Crippen molar-refractivity contribution in [2.24, 2.45) is 0 Å². The third-order valence-electron chi connectivity index (χ3n) is 4.52. The summed E-state index contributed by atoms with van der Waals surface area (Å²) in [6.45, 7) is 8.40. The molecule has 1 unspecified atom stereocenters. The topological polar surface area (TPSA) is 111 Å². The van der Waals surface area contributed by atoms with Gasteiger partial charge in [0.2, 0.25) is 5.75 Å². The smallest absolute Gasteiger partial charge is 0.268 e. The summed E-state index contributed by atoms with van der Waals surface area (Å²) in [6.07, 6.45) is 1.37. The summed E-state index contributed by atoms with van der Waals surface area (Å²) in [5.41, 5.74) is 0.109. The van der Waals surface area contributed by atoms with Crippen molar-refractivity contribution in [2.45, 2.75) is 39.2 Å². The number of hydrogen-bond donors (Lipinski definition) is 2. The Morgan fingerprint density at radius 2 is 2.10 bits per heavy atom. The van der Waals surface area contributed by atoms with Gasteiger partial charge < -0.3 is 24.6 Å². The molecule has 1 amide bonds. The van der Waals surface area contributed by atoms with Gasteiger partial charge in [0, 0.05) is 17.0 Å². The van der Waals surface area contributed by atoms with Gasteiger partial charge in [0.05, 0.1) is 11.1 Å². The van der Waals surface area contributed by atoms with Gasteiger partial charge in [0.1, 0.15) is 24.4 Å². The van der Waals surface area contributed by atoms with E-state index in [1.54, 1.807) is 18.2 Å². The highest BCUT2D eigenvalue weighted by Gasteiger charge is 2.24. The number of nitrogens with zero attached hydrogens (tertiary/aromatic N) is 3. The van der Waals surface area contributed by atoms with E-state index in [2.05, 4.69) is 25.8 Å². The van der Waals surface area contributed by atoms with Crippen molar-refractivity contribution in [2.75, 3.05) is 17.2 Å². The standard InChI is InChI=1S/C21H22ClN5O4/c1-11-9-29-17-18(25-11)23-10-24-20(17)30-14-7-12(5-6-13(14)22)19(28)26-16-8-15(31-27-16)21(2,3)4/h5-8,10-11H,9H2,1-4H3,(H,23,24,25)(H,26,27,28). The number of benzene rings is 1. The number of aromatic nitrogens is 3. The van der Waals surface area contributed by atoms with Gasteiger partial charge in [0.15, 0.2) is 11.6 Å². The molecule has 1 aliphatic heterocycles. The van der Waals surface area contributed by atoms with Crippen LogP contribution in [0.3, 0.4) is 0 Å². The molecule has 0 fully saturated rings. The monoisotopic (exact) mass is 443 g/mol. The SMILES string of the molecule is CC1COc2c(ncnc2Oc2cc(C(=O)Nc3cc(C(C)(C)C)on3)ccc2Cl)N1. The molecule has 2 aromatic heterocycles. The van der Waals surface area contributed by atoms with E-state index in [4.69, 9.17) is 25.6 Å². The van der Waals surface area contributed by atoms with Gasteiger partial charge in [-0.2, -0.15) is 4.98 Å². The van der Waals surface area contributed by atoms with Gasteiger partial charge in [0.25, 0.3) is 11.8 Å². The van der Waals surface area contributed by atoms with E-state index in [-0.39, 0.29) is 29.0 Å². The maximum atomic E-state index is 12.7. The molecule has 3 heterocycles. The first-order valence-electron chi connectivity index (χ1n) is 9.71. The summed E-state index contributed by atoms with van der Waals surface area (Å²) in [6, 6.07) is 6.50. The number of rotatable bonds is 4. The molecule has 0 spiro atoms. The highest BCUT2D eigenvalue weighted by molar-refractivity contribution is 6.32. The Labute approximate surface area is 184 Å². The van der Waals surface area contributed by atoms with E-state index in [0.29, 0.717) is 40.3 Å². The Hall–Kier alpha value is -3.33. The van der Waals surface area contributed by atoms with Crippen LogP contribution in [0.4, 0.5) is 11.6 Å². The third kappa shape index (κ3) is 4.56. The average molecular weight is 444 g/mol. The number of halogens is 1. The van der Waals surface area contributed by atoms with Gasteiger partial charge >= 0.3 is 0 Å². The predicted octanol–water partition coefficient (Wildman–Crippen LogP) is 4.65. The number of fused-ring (bicyclic) bond motifs is 1. The Bertz CT molecular complexity index is 1130. The summed E-state index contributed by atoms with van der Waals surface area (Å²) >= 11 is 6.29. The quantitative estimate of drug-likeness (QED) is 0.599. The highest BCUT2D eigenvalue weighted by atomic mass is 35.5. The zero-order valence-corrected chi connectivity index (χ0v) is 18.3. The minimum atomic E-state index is -0.383. The summed E-state index contributed by atoms with van der Waals surface area (Å²) in [7, 11) is 0.